The zero-order valence-electron chi connectivity index (χ0n) is 14.9. The summed E-state index contributed by atoms with van der Waals surface area (Å²) in [5, 5.41) is 0. The van der Waals surface area contributed by atoms with Crippen LogP contribution in [0, 0.1) is 0 Å². The quantitative estimate of drug-likeness (QED) is 0.739. The lowest BCUT2D eigenvalue weighted by Gasteiger charge is -2.29. The second-order valence-electron chi connectivity index (χ2n) is 6.40. The van der Waals surface area contributed by atoms with Gasteiger partial charge in [-0.1, -0.05) is 12.1 Å². The van der Waals surface area contributed by atoms with Gasteiger partial charge in [-0.15, -0.1) is 23.5 Å². The number of anilines is 2. The van der Waals surface area contributed by atoms with E-state index in [1.807, 2.05) is 30.3 Å². The average Bonchev–Trinajstić information content (AvgIpc) is 2.90. The number of nitrogens with zero attached hydrogens (tertiary/aromatic N) is 2. The van der Waals surface area contributed by atoms with E-state index in [0.29, 0.717) is 18.8 Å². The van der Waals surface area contributed by atoms with Crippen molar-refractivity contribution >= 4 is 50.8 Å². The molecule has 2 heterocycles. The summed E-state index contributed by atoms with van der Waals surface area (Å²) in [4.78, 5) is 15.8. The zero-order valence-corrected chi connectivity index (χ0v) is 17.4. The maximum absolute atomic E-state index is 13.5. The molecule has 4 rings (SSSR count). The highest BCUT2D eigenvalue weighted by Crippen LogP contribution is 2.40. The van der Waals surface area contributed by atoms with E-state index in [0.717, 1.165) is 33.4 Å². The number of benzene rings is 2. The molecule has 0 fully saturated rings. The van der Waals surface area contributed by atoms with E-state index in [1.165, 1.54) is 11.2 Å². The molecule has 0 saturated heterocycles. The molecule has 0 bridgehead atoms. The predicted molar refractivity (Wildman–Crippen MR) is 112 cm³/mol. The van der Waals surface area contributed by atoms with Crippen molar-refractivity contribution in [3.8, 4) is 0 Å². The molecule has 0 unspecified atom stereocenters. The molecular formula is C19H20N2O3S3. The number of hydrogen-bond donors (Lipinski definition) is 0. The minimum atomic E-state index is -3.71. The van der Waals surface area contributed by atoms with Gasteiger partial charge in [0.1, 0.15) is 0 Å². The third-order valence-electron chi connectivity index (χ3n) is 4.66. The van der Waals surface area contributed by atoms with Crippen molar-refractivity contribution in [1.82, 2.24) is 0 Å². The number of thioether (sulfide) groups is 2. The highest BCUT2D eigenvalue weighted by atomic mass is 32.2. The molecule has 1 amide bonds. The Hall–Kier alpha value is -1.64. The molecule has 2 aliphatic rings. The minimum Gasteiger partial charge on any atom is -0.311 e. The second-order valence-corrected chi connectivity index (χ2v) is 10.5. The Morgan fingerprint density at radius 2 is 1.70 bits per heavy atom. The van der Waals surface area contributed by atoms with Crippen molar-refractivity contribution < 1.29 is 13.2 Å². The summed E-state index contributed by atoms with van der Waals surface area (Å²) in [5.74, 6) is 1.64. The van der Waals surface area contributed by atoms with Gasteiger partial charge in [0, 0.05) is 35.6 Å². The van der Waals surface area contributed by atoms with E-state index >= 15 is 0 Å². The van der Waals surface area contributed by atoms with Crippen LogP contribution in [0.2, 0.25) is 0 Å². The summed E-state index contributed by atoms with van der Waals surface area (Å²) >= 11 is 3.34. The molecular weight excluding hydrogens is 400 g/mol. The number of sulfonamides is 1. The molecule has 0 aromatic heterocycles. The average molecular weight is 421 g/mol. The third-order valence-corrected chi connectivity index (χ3v) is 8.66. The highest BCUT2D eigenvalue weighted by Gasteiger charge is 2.30. The van der Waals surface area contributed by atoms with Crippen molar-refractivity contribution in [2.45, 2.75) is 28.0 Å². The number of carbonyl (C=O) groups excluding carboxylic acids is 1. The van der Waals surface area contributed by atoms with Gasteiger partial charge in [0.05, 0.1) is 16.3 Å². The molecule has 5 nitrogen and oxygen atoms in total. The predicted octanol–water partition coefficient (Wildman–Crippen LogP) is 3.84. The van der Waals surface area contributed by atoms with E-state index in [-0.39, 0.29) is 10.8 Å². The molecule has 0 N–H and O–H groups in total. The Kier molecular flexibility index (Phi) is 5.13. The van der Waals surface area contributed by atoms with Crippen LogP contribution in [-0.4, -0.2) is 38.9 Å². The van der Waals surface area contributed by atoms with Crippen LogP contribution >= 0.6 is 23.5 Å². The first-order chi connectivity index (χ1) is 13.0. The molecule has 0 aliphatic carbocycles. The molecule has 0 radical (unpaired) electrons. The number of amides is 1. The van der Waals surface area contributed by atoms with Gasteiger partial charge in [0.15, 0.2) is 0 Å². The minimum absolute atomic E-state index is 0.0670. The van der Waals surface area contributed by atoms with E-state index in [9.17, 15) is 13.2 Å². The first-order valence-corrected chi connectivity index (χ1v) is 12.2. The van der Waals surface area contributed by atoms with Crippen LogP contribution in [0.15, 0.2) is 57.2 Å². The lowest BCUT2D eigenvalue weighted by atomic mass is 10.2. The standard InChI is InChI=1S/C19H20N2O3S3/c1-14(22)20-10-12-26-19-8-7-15(13-17(19)20)27(23,24)21-9-4-11-25-18-6-3-2-5-16(18)21/h2-3,5-8,13H,4,9-12H2,1H3. The van der Waals surface area contributed by atoms with E-state index in [4.69, 9.17) is 0 Å². The Balaban J connectivity index is 1.79. The van der Waals surface area contributed by atoms with Crippen LogP contribution < -0.4 is 9.21 Å². The lowest BCUT2D eigenvalue weighted by molar-refractivity contribution is -0.116. The highest BCUT2D eigenvalue weighted by molar-refractivity contribution is 8.00. The molecule has 0 atom stereocenters. The van der Waals surface area contributed by atoms with Crippen LogP contribution in [0.1, 0.15) is 13.3 Å². The second kappa shape index (κ2) is 7.41. The molecule has 2 aliphatic heterocycles. The zero-order chi connectivity index (χ0) is 19.0. The van der Waals surface area contributed by atoms with Crippen molar-refractivity contribution in [2.75, 3.05) is 33.8 Å². The van der Waals surface area contributed by atoms with Crippen LogP contribution in [0.4, 0.5) is 11.4 Å². The summed E-state index contributed by atoms with van der Waals surface area (Å²) in [6.07, 6.45) is 0.791. The molecule has 0 saturated carbocycles. The normalized spacial score (nSPS) is 17.1. The number of hydrogen-bond acceptors (Lipinski definition) is 5. The van der Waals surface area contributed by atoms with Crippen molar-refractivity contribution in [3.63, 3.8) is 0 Å². The van der Waals surface area contributed by atoms with E-state index < -0.39 is 10.0 Å². The van der Waals surface area contributed by atoms with Gasteiger partial charge in [-0.3, -0.25) is 9.10 Å². The summed E-state index contributed by atoms with van der Waals surface area (Å²) in [6.45, 7) is 2.57. The molecule has 2 aromatic carbocycles. The smallest absolute Gasteiger partial charge is 0.264 e. The number of rotatable bonds is 2. The van der Waals surface area contributed by atoms with Gasteiger partial charge in [-0.2, -0.15) is 0 Å². The molecule has 27 heavy (non-hydrogen) atoms. The third kappa shape index (κ3) is 3.46. The largest absolute Gasteiger partial charge is 0.311 e. The number of fused-ring (bicyclic) bond motifs is 2. The van der Waals surface area contributed by atoms with Gasteiger partial charge in [-0.05, 0) is 42.5 Å². The van der Waals surface area contributed by atoms with Crippen molar-refractivity contribution in [1.29, 1.82) is 0 Å². The Morgan fingerprint density at radius 3 is 2.52 bits per heavy atom. The first kappa shape index (κ1) is 18.7. The van der Waals surface area contributed by atoms with Gasteiger partial charge >= 0.3 is 0 Å². The topological polar surface area (TPSA) is 57.7 Å². The van der Waals surface area contributed by atoms with Gasteiger partial charge in [0.2, 0.25) is 5.91 Å². The first-order valence-electron chi connectivity index (χ1n) is 8.78. The van der Waals surface area contributed by atoms with Crippen molar-refractivity contribution in [3.05, 3.63) is 42.5 Å². The maximum Gasteiger partial charge on any atom is 0.264 e. The van der Waals surface area contributed by atoms with Crippen LogP contribution in [0.25, 0.3) is 0 Å². The SMILES string of the molecule is CC(=O)N1CCSc2ccc(S(=O)(=O)N3CCCSc4ccccc43)cc21. The van der Waals surface area contributed by atoms with Crippen LogP contribution in [0.5, 0.6) is 0 Å². The molecule has 0 spiro atoms. The van der Waals surface area contributed by atoms with Crippen LogP contribution in [0.3, 0.4) is 0 Å². The fraction of sp³-hybridized carbons (Fsp3) is 0.316. The van der Waals surface area contributed by atoms with Gasteiger partial charge in [0.25, 0.3) is 10.0 Å². The van der Waals surface area contributed by atoms with Gasteiger partial charge in [-0.25, -0.2) is 8.42 Å². The van der Waals surface area contributed by atoms with E-state index in [1.54, 1.807) is 40.6 Å². The summed E-state index contributed by atoms with van der Waals surface area (Å²) in [7, 11) is -3.71. The monoisotopic (exact) mass is 420 g/mol. The number of para-hydroxylation sites is 1. The van der Waals surface area contributed by atoms with E-state index in [2.05, 4.69) is 0 Å². The molecule has 8 heteroatoms. The van der Waals surface area contributed by atoms with Crippen LogP contribution in [-0.2, 0) is 14.8 Å². The fourth-order valence-corrected chi connectivity index (χ4v) is 6.93. The van der Waals surface area contributed by atoms with Gasteiger partial charge < -0.3 is 4.90 Å². The molecule has 2 aromatic rings. The number of carbonyl (C=O) groups is 1. The molecule has 142 valence electrons. The maximum atomic E-state index is 13.5. The Morgan fingerprint density at radius 1 is 0.963 bits per heavy atom. The lowest BCUT2D eigenvalue weighted by Crippen LogP contribution is -2.35. The Bertz CT molecular complexity index is 991. The van der Waals surface area contributed by atoms with Crippen molar-refractivity contribution in [2.24, 2.45) is 0 Å². The summed E-state index contributed by atoms with van der Waals surface area (Å²) < 4.78 is 28.5. The fourth-order valence-electron chi connectivity index (χ4n) is 3.36. The summed E-state index contributed by atoms with van der Waals surface area (Å²) in [5.41, 5.74) is 1.42. The summed E-state index contributed by atoms with van der Waals surface area (Å²) in [6, 6.07) is 12.8. The Labute approximate surface area is 168 Å².